The fourth-order valence-corrected chi connectivity index (χ4v) is 2.26. The van der Waals surface area contributed by atoms with Gasteiger partial charge in [0.05, 0.1) is 6.54 Å². The van der Waals surface area contributed by atoms with E-state index >= 15 is 0 Å². The van der Waals surface area contributed by atoms with Crippen LogP contribution in [-0.4, -0.2) is 27.2 Å². The minimum atomic E-state index is 0.730. The summed E-state index contributed by atoms with van der Waals surface area (Å²) in [5.74, 6) is 0. The van der Waals surface area contributed by atoms with Gasteiger partial charge in [-0.3, -0.25) is 4.90 Å². The van der Waals surface area contributed by atoms with Gasteiger partial charge in [0.25, 0.3) is 0 Å². The van der Waals surface area contributed by atoms with Crippen molar-refractivity contribution in [3.8, 4) is 0 Å². The topological polar surface area (TPSA) is 55.1 Å². The highest BCUT2D eigenvalue weighted by atomic mass is 32.1. The van der Waals surface area contributed by atoms with Crippen molar-refractivity contribution in [1.29, 1.82) is 0 Å². The third-order valence-electron chi connectivity index (χ3n) is 2.24. The lowest BCUT2D eigenvalue weighted by Gasteiger charge is -2.12. The molecule has 0 atom stereocenters. The molecule has 0 aliphatic heterocycles. The maximum atomic E-state index is 4.66. The fourth-order valence-electron chi connectivity index (χ4n) is 1.41. The summed E-state index contributed by atoms with van der Waals surface area (Å²) >= 11 is 1.68. The average Bonchev–Trinajstić information content (AvgIpc) is 2.77. The van der Waals surface area contributed by atoms with Crippen molar-refractivity contribution < 1.29 is 4.63 Å². The smallest absolute Gasteiger partial charge is 0.122 e. The highest BCUT2D eigenvalue weighted by molar-refractivity contribution is 7.09. The van der Waals surface area contributed by atoms with Crippen LogP contribution in [-0.2, 0) is 13.1 Å². The van der Waals surface area contributed by atoms with E-state index in [4.69, 9.17) is 0 Å². The van der Waals surface area contributed by atoms with Gasteiger partial charge in [0.15, 0.2) is 0 Å². The molecule has 0 spiro atoms. The molecular formula is C10H14N4OS. The molecule has 0 aromatic carbocycles. The van der Waals surface area contributed by atoms with Gasteiger partial charge in [-0.2, -0.15) is 0 Å². The number of aromatic nitrogens is 3. The Morgan fingerprint density at radius 1 is 1.31 bits per heavy atom. The van der Waals surface area contributed by atoms with E-state index in [0.29, 0.717) is 0 Å². The summed E-state index contributed by atoms with van der Waals surface area (Å²) in [5.41, 5.74) is 2.81. The number of hydrogen-bond donors (Lipinski definition) is 0. The van der Waals surface area contributed by atoms with Crippen molar-refractivity contribution >= 4 is 11.3 Å². The minimum Gasteiger partial charge on any atom is -0.294 e. The number of thiazole rings is 1. The van der Waals surface area contributed by atoms with Crippen LogP contribution in [0.5, 0.6) is 0 Å². The zero-order valence-electron chi connectivity index (χ0n) is 9.60. The molecule has 2 aromatic heterocycles. The average molecular weight is 238 g/mol. The lowest BCUT2D eigenvalue weighted by Crippen LogP contribution is -2.17. The summed E-state index contributed by atoms with van der Waals surface area (Å²) < 4.78 is 4.66. The van der Waals surface area contributed by atoms with E-state index in [0.717, 1.165) is 35.2 Å². The minimum absolute atomic E-state index is 0.730. The molecule has 5 nitrogen and oxygen atoms in total. The highest BCUT2D eigenvalue weighted by Crippen LogP contribution is 2.12. The molecule has 0 amide bonds. The first kappa shape index (κ1) is 11.2. The van der Waals surface area contributed by atoms with Crippen molar-refractivity contribution in [2.24, 2.45) is 0 Å². The summed E-state index contributed by atoms with van der Waals surface area (Å²) in [7, 11) is 2.03. The van der Waals surface area contributed by atoms with Gasteiger partial charge in [-0.05, 0) is 20.9 Å². The molecule has 0 bridgehead atoms. The van der Waals surface area contributed by atoms with Crippen molar-refractivity contribution in [2.75, 3.05) is 7.05 Å². The molecule has 16 heavy (non-hydrogen) atoms. The summed E-state index contributed by atoms with van der Waals surface area (Å²) in [6, 6.07) is 0. The van der Waals surface area contributed by atoms with Gasteiger partial charge in [-0.15, -0.1) is 11.3 Å². The molecule has 86 valence electrons. The van der Waals surface area contributed by atoms with Crippen molar-refractivity contribution in [2.45, 2.75) is 26.9 Å². The lowest BCUT2D eigenvalue weighted by molar-refractivity contribution is 0.279. The van der Waals surface area contributed by atoms with Crippen LogP contribution in [0.15, 0.2) is 10.0 Å². The van der Waals surface area contributed by atoms with Crippen LogP contribution >= 0.6 is 11.3 Å². The molecule has 0 aliphatic rings. The van der Waals surface area contributed by atoms with Crippen molar-refractivity contribution in [3.05, 3.63) is 27.5 Å². The molecule has 0 N–H and O–H groups in total. The van der Waals surface area contributed by atoms with Crippen LogP contribution in [0.4, 0.5) is 0 Å². The predicted octanol–water partition coefficient (Wildman–Crippen LogP) is 1.77. The Labute approximate surface area is 98.1 Å². The molecule has 2 heterocycles. The first-order valence-corrected chi connectivity index (χ1v) is 5.90. The number of rotatable bonds is 4. The second-order valence-electron chi connectivity index (χ2n) is 3.85. The SMILES string of the molecule is Cc1csc(CN(C)Cc2nonc2C)n1. The normalized spacial score (nSPS) is 11.2. The second kappa shape index (κ2) is 4.71. The Bertz CT molecular complexity index is 465. The number of aryl methyl sites for hydroxylation is 2. The Hall–Kier alpha value is -1.27. The van der Waals surface area contributed by atoms with Gasteiger partial charge in [-0.25, -0.2) is 9.61 Å². The van der Waals surface area contributed by atoms with E-state index in [1.165, 1.54) is 0 Å². The summed E-state index contributed by atoms with van der Waals surface area (Å²) in [6.07, 6.45) is 0. The van der Waals surface area contributed by atoms with Crippen LogP contribution in [0.25, 0.3) is 0 Å². The van der Waals surface area contributed by atoms with Gasteiger partial charge < -0.3 is 0 Å². The first-order valence-electron chi connectivity index (χ1n) is 5.02. The molecule has 0 radical (unpaired) electrons. The maximum absolute atomic E-state index is 4.66. The van der Waals surface area contributed by atoms with E-state index in [1.807, 2.05) is 20.9 Å². The summed E-state index contributed by atoms with van der Waals surface area (Å²) in [6.45, 7) is 5.46. The van der Waals surface area contributed by atoms with Gasteiger partial charge in [0, 0.05) is 17.6 Å². The molecule has 0 saturated carbocycles. The largest absolute Gasteiger partial charge is 0.294 e. The number of hydrogen-bond acceptors (Lipinski definition) is 6. The summed E-state index contributed by atoms with van der Waals surface area (Å²) in [4.78, 5) is 6.56. The maximum Gasteiger partial charge on any atom is 0.122 e. The lowest BCUT2D eigenvalue weighted by atomic mass is 10.3. The highest BCUT2D eigenvalue weighted by Gasteiger charge is 2.10. The standard InChI is InChI=1S/C10H14N4OS/c1-7-6-16-10(11-7)5-14(3)4-9-8(2)12-15-13-9/h6H,4-5H2,1-3H3. The monoisotopic (exact) mass is 238 g/mol. The Morgan fingerprint density at radius 2 is 2.12 bits per heavy atom. The van der Waals surface area contributed by atoms with Gasteiger partial charge >= 0.3 is 0 Å². The van der Waals surface area contributed by atoms with Crippen LogP contribution in [0.1, 0.15) is 22.1 Å². The second-order valence-corrected chi connectivity index (χ2v) is 4.79. The van der Waals surface area contributed by atoms with Crippen molar-refractivity contribution in [3.63, 3.8) is 0 Å². The van der Waals surface area contributed by atoms with Crippen LogP contribution in [0.3, 0.4) is 0 Å². The van der Waals surface area contributed by atoms with Crippen LogP contribution in [0.2, 0.25) is 0 Å². The van der Waals surface area contributed by atoms with E-state index < -0.39 is 0 Å². The molecular weight excluding hydrogens is 224 g/mol. The first-order chi connectivity index (χ1) is 7.65. The quantitative estimate of drug-likeness (QED) is 0.812. The van der Waals surface area contributed by atoms with Crippen LogP contribution < -0.4 is 0 Å². The third-order valence-corrected chi connectivity index (χ3v) is 3.19. The molecule has 6 heteroatoms. The molecule has 0 unspecified atom stereocenters. The van der Waals surface area contributed by atoms with Gasteiger partial charge in [-0.1, -0.05) is 10.3 Å². The zero-order chi connectivity index (χ0) is 11.5. The third kappa shape index (κ3) is 2.65. The molecule has 2 aromatic rings. The Morgan fingerprint density at radius 3 is 2.69 bits per heavy atom. The number of nitrogens with zero attached hydrogens (tertiary/aromatic N) is 4. The van der Waals surface area contributed by atoms with Crippen LogP contribution in [0, 0.1) is 13.8 Å². The molecule has 2 rings (SSSR count). The Kier molecular flexibility index (Phi) is 3.31. The summed E-state index contributed by atoms with van der Waals surface area (Å²) in [5, 5.41) is 10.8. The van der Waals surface area contributed by atoms with Crippen molar-refractivity contribution in [1.82, 2.24) is 20.2 Å². The molecule has 0 fully saturated rings. The Balaban J connectivity index is 1.94. The van der Waals surface area contributed by atoms with E-state index in [1.54, 1.807) is 11.3 Å². The van der Waals surface area contributed by atoms with Gasteiger partial charge in [0.2, 0.25) is 0 Å². The van der Waals surface area contributed by atoms with E-state index in [2.05, 4.69) is 30.2 Å². The molecule has 0 saturated heterocycles. The predicted molar refractivity (Wildman–Crippen MR) is 61.1 cm³/mol. The zero-order valence-corrected chi connectivity index (χ0v) is 10.4. The molecule has 0 aliphatic carbocycles. The van der Waals surface area contributed by atoms with Gasteiger partial charge in [0.1, 0.15) is 16.4 Å². The van der Waals surface area contributed by atoms with E-state index in [-0.39, 0.29) is 0 Å². The fraction of sp³-hybridized carbons (Fsp3) is 0.500. The van der Waals surface area contributed by atoms with E-state index in [9.17, 15) is 0 Å².